The van der Waals surface area contributed by atoms with Gasteiger partial charge in [0.25, 0.3) is 5.56 Å². The second kappa shape index (κ2) is 7.36. The Morgan fingerprint density at radius 2 is 1.93 bits per heavy atom. The molecule has 0 unspecified atom stereocenters. The SMILES string of the molecule is O=C(CCc1nc2ccccc2c(=O)[nH]1)NCCc1nnc2ccccn12. The van der Waals surface area contributed by atoms with Crippen LogP contribution in [0.5, 0.6) is 0 Å². The quantitative estimate of drug-likeness (QED) is 0.537. The fraction of sp³-hybridized carbons (Fsp3) is 0.211. The first-order valence-corrected chi connectivity index (χ1v) is 8.74. The molecule has 136 valence electrons. The normalized spacial score (nSPS) is 11.1. The van der Waals surface area contributed by atoms with Crippen LogP contribution in [0.15, 0.2) is 53.5 Å². The average molecular weight is 362 g/mol. The number of hydrogen-bond donors (Lipinski definition) is 2. The van der Waals surface area contributed by atoms with Crippen LogP contribution in [0.25, 0.3) is 16.6 Å². The van der Waals surface area contributed by atoms with Crippen molar-refractivity contribution in [2.24, 2.45) is 0 Å². The van der Waals surface area contributed by atoms with Crippen LogP contribution in [0.1, 0.15) is 18.1 Å². The molecule has 1 aromatic carbocycles. The van der Waals surface area contributed by atoms with E-state index in [1.165, 1.54) is 0 Å². The van der Waals surface area contributed by atoms with Crippen LogP contribution in [0.4, 0.5) is 0 Å². The minimum absolute atomic E-state index is 0.0976. The lowest BCUT2D eigenvalue weighted by Gasteiger charge is -2.05. The summed E-state index contributed by atoms with van der Waals surface area (Å²) in [4.78, 5) is 31.3. The summed E-state index contributed by atoms with van der Waals surface area (Å²) in [5.74, 6) is 1.21. The molecule has 4 rings (SSSR count). The van der Waals surface area contributed by atoms with Gasteiger partial charge in [-0.15, -0.1) is 10.2 Å². The Labute approximate surface area is 154 Å². The standard InChI is InChI=1S/C19H18N6O2/c26-18(20-11-10-17-24-23-16-7-3-4-12-25(16)17)9-8-15-21-14-6-2-1-5-13(14)19(27)22-15/h1-7,12H,8-11H2,(H,20,26)(H,21,22,27). The minimum atomic E-state index is -0.185. The highest BCUT2D eigenvalue weighted by Crippen LogP contribution is 2.07. The van der Waals surface area contributed by atoms with E-state index in [4.69, 9.17) is 0 Å². The summed E-state index contributed by atoms with van der Waals surface area (Å²) < 4.78 is 1.90. The van der Waals surface area contributed by atoms with Gasteiger partial charge in [0.1, 0.15) is 11.6 Å². The van der Waals surface area contributed by atoms with Crippen molar-refractivity contribution in [3.05, 3.63) is 70.7 Å². The number of amides is 1. The molecule has 0 spiro atoms. The van der Waals surface area contributed by atoms with Crippen molar-refractivity contribution in [2.75, 3.05) is 6.54 Å². The molecular formula is C19H18N6O2. The van der Waals surface area contributed by atoms with E-state index in [0.29, 0.717) is 36.1 Å². The van der Waals surface area contributed by atoms with Gasteiger partial charge in [0.05, 0.1) is 10.9 Å². The van der Waals surface area contributed by atoms with Gasteiger partial charge in [-0.25, -0.2) is 4.98 Å². The van der Waals surface area contributed by atoms with Gasteiger partial charge in [-0.05, 0) is 24.3 Å². The topological polar surface area (TPSA) is 105 Å². The third kappa shape index (κ3) is 3.69. The van der Waals surface area contributed by atoms with Crippen LogP contribution < -0.4 is 10.9 Å². The van der Waals surface area contributed by atoms with Crippen molar-refractivity contribution in [3.63, 3.8) is 0 Å². The van der Waals surface area contributed by atoms with Crippen LogP contribution in [0.3, 0.4) is 0 Å². The Balaban J connectivity index is 1.32. The van der Waals surface area contributed by atoms with E-state index in [0.717, 1.165) is 11.5 Å². The highest BCUT2D eigenvalue weighted by atomic mass is 16.1. The zero-order valence-corrected chi connectivity index (χ0v) is 14.6. The van der Waals surface area contributed by atoms with Crippen LogP contribution in [-0.2, 0) is 17.6 Å². The molecule has 27 heavy (non-hydrogen) atoms. The minimum Gasteiger partial charge on any atom is -0.356 e. The molecule has 0 fully saturated rings. The highest BCUT2D eigenvalue weighted by molar-refractivity contribution is 5.78. The van der Waals surface area contributed by atoms with Gasteiger partial charge < -0.3 is 10.3 Å². The number of fused-ring (bicyclic) bond motifs is 2. The number of H-pyrrole nitrogens is 1. The molecule has 3 heterocycles. The third-order valence-corrected chi connectivity index (χ3v) is 4.31. The fourth-order valence-electron chi connectivity index (χ4n) is 2.95. The summed E-state index contributed by atoms with van der Waals surface area (Å²) in [6, 6.07) is 12.8. The molecular weight excluding hydrogens is 344 g/mol. The summed E-state index contributed by atoms with van der Waals surface area (Å²) in [5.41, 5.74) is 1.23. The lowest BCUT2D eigenvalue weighted by atomic mass is 10.2. The summed E-state index contributed by atoms with van der Waals surface area (Å²) in [7, 11) is 0. The van der Waals surface area contributed by atoms with Gasteiger partial charge in [0.2, 0.25) is 5.91 Å². The first-order chi connectivity index (χ1) is 13.2. The maximum absolute atomic E-state index is 12.1. The fourth-order valence-corrected chi connectivity index (χ4v) is 2.95. The van der Waals surface area contributed by atoms with Gasteiger partial charge in [-0.1, -0.05) is 18.2 Å². The number of aryl methyl sites for hydroxylation is 1. The Bertz CT molecular complexity index is 1160. The maximum atomic E-state index is 12.1. The van der Waals surface area contributed by atoms with Gasteiger partial charge in [-0.2, -0.15) is 0 Å². The molecule has 0 radical (unpaired) electrons. The zero-order valence-electron chi connectivity index (χ0n) is 14.6. The Kier molecular flexibility index (Phi) is 4.61. The van der Waals surface area contributed by atoms with Gasteiger partial charge in [0.15, 0.2) is 5.65 Å². The smallest absolute Gasteiger partial charge is 0.258 e. The lowest BCUT2D eigenvalue weighted by Crippen LogP contribution is -2.26. The molecule has 0 aliphatic heterocycles. The van der Waals surface area contributed by atoms with E-state index < -0.39 is 0 Å². The largest absolute Gasteiger partial charge is 0.356 e. The molecule has 0 aliphatic carbocycles. The number of pyridine rings is 1. The van der Waals surface area contributed by atoms with Crippen LogP contribution in [0, 0.1) is 0 Å². The number of nitrogens with zero attached hydrogens (tertiary/aromatic N) is 4. The monoisotopic (exact) mass is 362 g/mol. The maximum Gasteiger partial charge on any atom is 0.258 e. The summed E-state index contributed by atoms with van der Waals surface area (Å²) >= 11 is 0. The number of rotatable bonds is 6. The van der Waals surface area contributed by atoms with Crippen molar-refractivity contribution in [2.45, 2.75) is 19.3 Å². The number of hydrogen-bond acceptors (Lipinski definition) is 5. The molecule has 0 atom stereocenters. The van der Waals surface area contributed by atoms with Gasteiger partial charge in [-0.3, -0.25) is 14.0 Å². The molecule has 1 amide bonds. The van der Waals surface area contributed by atoms with Crippen LogP contribution in [-0.4, -0.2) is 37.0 Å². The Hall–Kier alpha value is -3.55. The second-order valence-corrected chi connectivity index (χ2v) is 6.17. The number of aromatic nitrogens is 5. The average Bonchev–Trinajstić information content (AvgIpc) is 3.10. The predicted molar refractivity (Wildman–Crippen MR) is 100 cm³/mol. The van der Waals surface area contributed by atoms with Crippen LogP contribution >= 0.6 is 0 Å². The van der Waals surface area contributed by atoms with Crippen molar-refractivity contribution in [3.8, 4) is 0 Å². The van der Waals surface area contributed by atoms with Crippen molar-refractivity contribution < 1.29 is 4.79 Å². The number of aromatic amines is 1. The zero-order chi connectivity index (χ0) is 18.6. The molecule has 0 aliphatic rings. The van der Waals surface area contributed by atoms with Crippen molar-refractivity contribution >= 4 is 22.5 Å². The molecule has 0 saturated heterocycles. The molecule has 2 N–H and O–H groups in total. The van der Waals surface area contributed by atoms with Gasteiger partial charge in [0, 0.05) is 32.0 Å². The Morgan fingerprint density at radius 3 is 2.85 bits per heavy atom. The van der Waals surface area contributed by atoms with Crippen molar-refractivity contribution in [1.29, 1.82) is 0 Å². The molecule has 8 heteroatoms. The van der Waals surface area contributed by atoms with E-state index in [2.05, 4.69) is 25.5 Å². The molecule has 3 aromatic heterocycles. The third-order valence-electron chi connectivity index (χ3n) is 4.31. The molecule has 4 aromatic rings. The summed E-state index contributed by atoms with van der Waals surface area (Å²) in [5, 5.41) is 11.6. The first-order valence-electron chi connectivity index (χ1n) is 8.74. The highest BCUT2D eigenvalue weighted by Gasteiger charge is 2.08. The van der Waals surface area contributed by atoms with E-state index in [1.807, 2.05) is 34.9 Å². The molecule has 8 nitrogen and oxygen atoms in total. The number of nitrogens with one attached hydrogen (secondary N) is 2. The number of para-hydroxylation sites is 1. The van der Waals surface area contributed by atoms with E-state index >= 15 is 0 Å². The van der Waals surface area contributed by atoms with Crippen LogP contribution in [0.2, 0.25) is 0 Å². The van der Waals surface area contributed by atoms with Gasteiger partial charge >= 0.3 is 0 Å². The first kappa shape index (κ1) is 16.9. The second-order valence-electron chi connectivity index (χ2n) is 6.17. The lowest BCUT2D eigenvalue weighted by molar-refractivity contribution is -0.121. The molecule has 0 saturated carbocycles. The molecule has 0 bridgehead atoms. The Morgan fingerprint density at radius 1 is 1.07 bits per heavy atom. The number of benzene rings is 1. The number of carbonyl (C=O) groups excluding carboxylic acids is 1. The summed E-state index contributed by atoms with van der Waals surface area (Å²) in [6.45, 7) is 0.468. The van der Waals surface area contributed by atoms with E-state index in [1.54, 1.807) is 18.2 Å². The van der Waals surface area contributed by atoms with E-state index in [9.17, 15) is 9.59 Å². The van der Waals surface area contributed by atoms with Crippen molar-refractivity contribution in [1.82, 2.24) is 29.9 Å². The number of carbonyl (C=O) groups is 1. The predicted octanol–water partition coefficient (Wildman–Crippen LogP) is 1.26. The summed E-state index contributed by atoms with van der Waals surface area (Å²) in [6.07, 6.45) is 3.11. The van der Waals surface area contributed by atoms with E-state index in [-0.39, 0.29) is 17.9 Å².